The highest BCUT2D eigenvalue weighted by Crippen LogP contribution is 2.08. The summed E-state index contributed by atoms with van der Waals surface area (Å²) in [5.74, 6) is -0.894. The molecule has 0 bridgehead atoms. The number of hydrogen-bond acceptors (Lipinski definition) is 3. The smallest absolute Gasteiger partial charge is 0.335 e. The van der Waals surface area contributed by atoms with Gasteiger partial charge in [-0.3, -0.25) is 4.68 Å². The minimum absolute atomic E-state index is 0.316. The Balaban J connectivity index is 1.85. The molecule has 0 saturated heterocycles. The minimum Gasteiger partial charge on any atom is -0.478 e. The van der Waals surface area contributed by atoms with Crippen LogP contribution in [0.25, 0.3) is 0 Å². The summed E-state index contributed by atoms with van der Waals surface area (Å²) < 4.78 is 2.01. The highest BCUT2D eigenvalue weighted by Gasteiger charge is 2.05. The number of nitrogens with zero attached hydrogens (tertiary/aromatic N) is 2. The number of hydrogen-bond donors (Lipinski definition) is 2. The van der Waals surface area contributed by atoms with Gasteiger partial charge in [0.25, 0.3) is 0 Å². The van der Waals surface area contributed by atoms with Crippen LogP contribution in [0.4, 0.5) is 0 Å². The molecule has 0 amide bonds. The number of carbonyl (C=O) groups is 1. The molecular formula is C17H23N3O2. The first-order valence-electron chi connectivity index (χ1n) is 7.66. The van der Waals surface area contributed by atoms with Crippen LogP contribution in [0, 0.1) is 6.92 Å². The average molecular weight is 301 g/mol. The second-order valence-electron chi connectivity index (χ2n) is 5.46. The molecule has 22 heavy (non-hydrogen) atoms. The molecule has 0 aliphatic rings. The molecular weight excluding hydrogens is 278 g/mol. The van der Waals surface area contributed by atoms with E-state index in [2.05, 4.69) is 23.5 Å². The van der Waals surface area contributed by atoms with Gasteiger partial charge in [-0.1, -0.05) is 25.5 Å². The average Bonchev–Trinajstić information content (AvgIpc) is 2.86. The van der Waals surface area contributed by atoms with E-state index in [0.29, 0.717) is 12.1 Å². The predicted octanol–water partition coefficient (Wildman–Crippen LogP) is 2.98. The lowest BCUT2D eigenvalue weighted by atomic mass is 10.1. The Bertz CT molecular complexity index is 617. The molecule has 0 aliphatic carbocycles. The van der Waals surface area contributed by atoms with Crippen molar-refractivity contribution in [2.24, 2.45) is 0 Å². The van der Waals surface area contributed by atoms with E-state index in [9.17, 15) is 4.79 Å². The number of unbranched alkanes of at least 4 members (excludes halogenated alkanes) is 1. The molecule has 1 heterocycles. The van der Waals surface area contributed by atoms with Crippen LogP contribution in [-0.2, 0) is 19.6 Å². The van der Waals surface area contributed by atoms with E-state index in [0.717, 1.165) is 30.8 Å². The lowest BCUT2D eigenvalue weighted by Crippen LogP contribution is -2.13. The summed E-state index contributed by atoms with van der Waals surface area (Å²) in [5, 5.41) is 16.8. The summed E-state index contributed by atoms with van der Waals surface area (Å²) in [5.41, 5.74) is 3.65. The summed E-state index contributed by atoms with van der Waals surface area (Å²) in [4.78, 5) is 10.8. The highest BCUT2D eigenvalue weighted by molar-refractivity contribution is 5.87. The Kier molecular flexibility index (Phi) is 5.72. The second-order valence-corrected chi connectivity index (χ2v) is 5.46. The third kappa shape index (κ3) is 4.43. The fraction of sp³-hybridized carbons (Fsp3) is 0.412. The Morgan fingerprint density at radius 2 is 2.00 bits per heavy atom. The number of rotatable bonds is 8. The molecule has 0 saturated carbocycles. The van der Waals surface area contributed by atoms with Crippen LogP contribution in [-0.4, -0.2) is 20.9 Å². The molecule has 0 aliphatic heterocycles. The van der Waals surface area contributed by atoms with Gasteiger partial charge in [-0.15, -0.1) is 0 Å². The van der Waals surface area contributed by atoms with Crippen molar-refractivity contribution < 1.29 is 9.90 Å². The number of aromatic nitrogens is 2. The topological polar surface area (TPSA) is 67.2 Å². The Morgan fingerprint density at radius 1 is 1.27 bits per heavy atom. The number of carboxylic acid groups (broad SMARTS) is 1. The van der Waals surface area contributed by atoms with E-state index in [1.807, 2.05) is 23.7 Å². The number of aryl methyl sites for hydroxylation is 2. The van der Waals surface area contributed by atoms with Gasteiger partial charge in [-0.2, -0.15) is 5.10 Å². The second kappa shape index (κ2) is 7.75. The van der Waals surface area contributed by atoms with Gasteiger partial charge in [0.1, 0.15) is 0 Å². The normalized spacial score (nSPS) is 10.8. The fourth-order valence-corrected chi connectivity index (χ4v) is 2.27. The number of aromatic carboxylic acids is 1. The van der Waals surface area contributed by atoms with Gasteiger partial charge in [0.05, 0.1) is 11.3 Å². The predicted molar refractivity (Wildman–Crippen MR) is 85.8 cm³/mol. The van der Waals surface area contributed by atoms with Crippen LogP contribution >= 0.6 is 0 Å². The monoisotopic (exact) mass is 301 g/mol. The van der Waals surface area contributed by atoms with Crippen LogP contribution in [0.1, 0.15) is 46.9 Å². The Morgan fingerprint density at radius 3 is 2.64 bits per heavy atom. The van der Waals surface area contributed by atoms with Crippen LogP contribution in [0.3, 0.4) is 0 Å². The number of nitrogens with one attached hydrogen (secondary N) is 1. The molecule has 0 unspecified atom stereocenters. The summed E-state index contributed by atoms with van der Waals surface area (Å²) in [6.45, 7) is 6.64. The third-order valence-electron chi connectivity index (χ3n) is 3.63. The summed E-state index contributed by atoms with van der Waals surface area (Å²) in [6, 6.07) is 6.95. The molecule has 5 nitrogen and oxygen atoms in total. The van der Waals surface area contributed by atoms with Crippen molar-refractivity contribution in [2.45, 2.75) is 46.3 Å². The largest absolute Gasteiger partial charge is 0.478 e. The van der Waals surface area contributed by atoms with Crippen molar-refractivity contribution in [3.63, 3.8) is 0 Å². The fourth-order valence-electron chi connectivity index (χ4n) is 2.27. The van der Waals surface area contributed by atoms with Crippen molar-refractivity contribution in [1.29, 1.82) is 0 Å². The SMILES string of the molecule is CCCCn1cc(CNCc2ccc(C(=O)O)cc2)c(C)n1. The van der Waals surface area contributed by atoms with E-state index in [1.165, 1.54) is 12.0 Å². The van der Waals surface area contributed by atoms with Gasteiger partial charge in [-0.05, 0) is 31.0 Å². The van der Waals surface area contributed by atoms with E-state index < -0.39 is 5.97 Å². The maximum atomic E-state index is 10.8. The van der Waals surface area contributed by atoms with Gasteiger partial charge >= 0.3 is 5.97 Å². The third-order valence-corrected chi connectivity index (χ3v) is 3.63. The lowest BCUT2D eigenvalue weighted by Gasteiger charge is -2.04. The maximum Gasteiger partial charge on any atom is 0.335 e. The molecule has 5 heteroatoms. The van der Waals surface area contributed by atoms with Gasteiger partial charge in [-0.25, -0.2) is 4.79 Å². The molecule has 2 rings (SSSR count). The molecule has 1 aromatic heterocycles. The molecule has 0 atom stereocenters. The van der Waals surface area contributed by atoms with E-state index >= 15 is 0 Å². The van der Waals surface area contributed by atoms with Gasteiger partial charge in [0.15, 0.2) is 0 Å². The molecule has 1 aromatic carbocycles. The zero-order chi connectivity index (χ0) is 15.9. The van der Waals surface area contributed by atoms with Crippen LogP contribution in [0.2, 0.25) is 0 Å². The first kappa shape index (κ1) is 16.2. The summed E-state index contributed by atoms with van der Waals surface area (Å²) in [6.07, 6.45) is 4.41. The quantitative estimate of drug-likeness (QED) is 0.786. The van der Waals surface area contributed by atoms with Crippen molar-refractivity contribution in [2.75, 3.05) is 0 Å². The van der Waals surface area contributed by atoms with E-state index in [-0.39, 0.29) is 0 Å². The zero-order valence-corrected chi connectivity index (χ0v) is 13.2. The van der Waals surface area contributed by atoms with Gasteiger partial charge < -0.3 is 10.4 Å². The van der Waals surface area contributed by atoms with Crippen LogP contribution < -0.4 is 5.32 Å². The molecule has 2 N–H and O–H groups in total. The highest BCUT2D eigenvalue weighted by atomic mass is 16.4. The van der Waals surface area contributed by atoms with E-state index in [4.69, 9.17) is 5.11 Å². The minimum atomic E-state index is -0.894. The molecule has 118 valence electrons. The zero-order valence-electron chi connectivity index (χ0n) is 13.2. The van der Waals surface area contributed by atoms with Crippen molar-refractivity contribution in [1.82, 2.24) is 15.1 Å². The number of carboxylic acids is 1. The lowest BCUT2D eigenvalue weighted by molar-refractivity contribution is 0.0697. The first-order valence-corrected chi connectivity index (χ1v) is 7.66. The molecule has 0 spiro atoms. The maximum absolute atomic E-state index is 10.8. The van der Waals surface area contributed by atoms with Crippen molar-refractivity contribution in [3.05, 3.63) is 52.8 Å². The Labute approximate surface area is 131 Å². The van der Waals surface area contributed by atoms with Crippen LogP contribution in [0.15, 0.2) is 30.5 Å². The van der Waals surface area contributed by atoms with Gasteiger partial charge in [0, 0.05) is 31.4 Å². The van der Waals surface area contributed by atoms with Crippen molar-refractivity contribution in [3.8, 4) is 0 Å². The molecule has 0 fully saturated rings. The summed E-state index contributed by atoms with van der Waals surface area (Å²) >= 11 is 0. The van der Waals surface area contributed by atoms with E-state index in [1.54, 1.807) is 12.1 Å². The molecule has 2 aromatic rings. The number of benzene rings is 1. The van der Waals surface area contributed by atoms with Gasteiger partial charge in [0.2, 0.25) is 0 Å². The summed E-state index contributed by atoms with van der Waals surface area (Å²) in [7, 11) is 0. The Hall–Kier alpha value is -2.14. The molecule has 0 radical (unpaired) electrons. The van der Waals surface area contributed by atoms with Crippen molar-refractivity contribution >= 4 is 5.97 Å². The van der Waals surface area contributed by atoms with Crippen LogP contribution in [0.5, 0.6) is 0 Å². The standard InChI is InChI=1S/C17H23N3O2/c1-3-4-9-20-12-16(13(2)19-20)11-18-10-14-5-7-15(8-6-14)17(21)22/h5-8,12,18H,3-4,9-11H2,1-2H3,(H,21,22). The first-order chi connectivity index (χ1) is 10.6.